The molecule has 2 aliphatic heterocycles. The van der Waals surface area contributed by atoms with E-state index >= 15 is 0 Å². The standard InChI is InChI=1S/C24H29N3OS/c1-17-10-9-11-18(2)20(17)25-21-24(14-15-28-23(3,4)16-24)27(22(26-21)29-5)19-12-7-6-8-13-19/h6-13H,14-16H2,1-5H3/p+1. The van der Waals surface area contributed by atoms with Crippen LogP contribution in [0.4, 0.5) is 11.4 Å². The highest BCUT2D eigenvalue weighted by molar-refractivity contribution is 8.13. The van der Waals surface area contributed by atoms with Crippen molar-refractivity contribution in [3.8, 4) is 0 Å². The van der Waals surface area contributed by atoms with E-state index in [-0.39, 0.29) is 11.1 Å². The summed E-state index contributed by atoms with van der Waals surface area (Å²) in [5.74, 6) is 1.03. The molecule has 2 aromatic carbocycles. The molecule has 1 unspecified atom stereocenters. The molecule has 1 saturated heterocycles. The highest BCUT2D eigenvalue weighted by Gasteiger charge is 2.58. The Kier molecular flexibility index (Phi) is 5.30. The number of thioether (sulfide) groups is 1. The Morgan fingerprint density at radius 2 is 1.72 bits per heavy atom. The number of nitrogens with one attached hydrogen (secondary N) is 1. The molecule has 0 aliphatic carbocycles. The van der Waals surface area contributed by atoms with Gasteiger partial charge in [0.05, 0.1) is 12.2 Å². The summed E-state index contributed by atoms with van der Waals surface area (Å²) in [5, 5.41) is 4.79. The van der Waals surface area contributed by atoms with Gasteiger partial charge in [0, 0.05) is 18.5 Å². The first-order valence-electron chi connectivity index (χ1n) is 10.2. The van der Waals surface area contributed by atoms with Crippen molar-refractivity contribution < 1.29 is 9.31 Å². The van der Waals surface area contributed by atoms with Crippen LogP contribution in [0.2, 0.25) is 0 Å². The first-order chi connectivity index (χ1) is 13.9. The van der Waals surface area contributed by atoms with E-state index in [1.165, 1.54) is 16.8 Å². The minimum absolute atomic E-state index is 0.220. The minimum atomic E-state index is -0.254. The zero-order chi connectivity index (χ0) is 20.6. The fraction of sp³-hybridized carbons (Fsp3) is 0.417. The first-order valence-corrected chi connectivity index (χ1v) is 11.4. The fourth-order valence-corrected chi connectivity index (χ4v) is 5.26. The molecule has 2 aromatic rings. The van der Waals surface area contributed by atoms with Crippen molar-refractivity contribution in [2.24, 2.45) is 4.99 Å². The molecule has 1 fully saturated rings. The van der Waals surface area contributed by atoms with Crippen LogP contribution in [0.3, 0.4) is 0 Å². The third-order valence-electron chi connectivity index (χ3n) is 5.92. The van der Waals surface area contributed by atoms with E-state index in [2.05, 4.69) is 92.4 Å². The molecule has 152 valence electrons. The van der Waals surface area contributed by atoms with Crippen molar-refractivity contribution in [1.82, 2.24) is 0 Å². The molecular weight excluding hydrogens is 378 g/mol. The highest BCUT2D eigenvalue weighted by atomic mass is 32.2. The molecule has 4 nitrogen and oxygen atoms in total. The Bertz CT molecular complexity index is 961. The maximum Gasteiger partial charge on any atom is 0.362 e. The van der Waals surface area contributed by atoms with Gasteiger partial charge in [-0.3, -0.25) is 0 Å². The zero-order valence-electron chi connectivity index (χ0n) is 18.0. The van der Waals surface area contributed by atoms with Gasteiger partial charge in [0.2, 0.25) is 0 Å². The number of aliphatic imine (C=N–C) groups is 1. The van der Waals surface area contributed by atoms with Crippen LogP contribution < -0.4 is 5.32 Å². The van der Waals surface area contributed by atoms with Gasteiger partial charge in [-0.1, -0.05) is 36.4 Å². The number of ether oxygens (including phenoxy) is 1. The van der Waals surface area contributed by atoms with Crippen molar-refractivity contribution >= 4 is 34.1 Å². The molecule has 0 amide bonds. The van der Waals surface area contributed by atoms with Gasteiger partial charge in [-0.2, -0.15) is 0 Å². The van der Waals surface area contributed by atoms with E-state index in [9.17, 15) is 0 Å². The SMILES string of the molecule is CSC1=[N+](c2ccccc2)C2(CCOC(C)(C)C2)C(Nc2c(C)cccc2C)=N1. The molecule has 0 bridgehead atoms. The van der Waals surface area contributed by atoms with E-state index in [1.807, 2.05) is 0 Å². The summed E-state index contributed by atoms with van der Waals surface area (Å²) in [7, 11) is 0. The molecular formula is C24H30N3OS+. The largest absolute Gasteiger partial charge is 0.375 e. The van der Waals surface area contributed by atoms with E-state index in [0.29, 0.717) is 6.61 Å². The number of benzene rings is 2. The molecule has 0 radical (unpaired) electrons. The normalized spacial score (nSPS) is 23.4. The number of amidine groups is 2. The van der Waals surface area contributed by atoms with E-state index in [0.717, 1.165) is 29.5 Å². The van der Waals surface area contributed by atoms with E-state index in [4.69, 9.17) is 9.73 Å². The Morgan fingerprint density at radius 1 is 1.03 bits per heavy atom. The lowest BCUT2D eigenvalue weighted by Gasteiger charge is -2.41. The smallest absolute Gasteiger partial charge is 0.362 e. The number of hydrogen-bond acceptors (Lipinski definition) is 4. The van der Waals surface area contributed by atoms with Crippen LogP contribution in [0.25, 0.3) is 0 Å². The Morgan fingerprint density at radius 3 is 2.34 bits per heavy atom. The average Bonchev–Trinajstić information content (AvgIpc) is 2.96. The molecule has 2 heterocycles. The lowest BCUT2D eigenvalue weighted by atomic mass is 9.79. The second-order valence-corrected chi connectivity index (χ2v) is 9.35. The number of para-hydroxylation sites is 2. The molecule has 0 aromatic heterocycles. The Labute approximate surface area is 178 Å². The number of rotatable bonds is 2. The lowest BCUT2D eigenvalue weighted by molar-refractivity contribution is -0.518. The average molecular weight is 409 g/mol. The van der Waals surface area contributed by atoms with Crippen molar-refractivity contribution in [3.05, 3.63) is 59.7 Å². The molecule has 0 saturated carbocycles. The first kappa shape index (κ1) is 20.2. The van der Waals surface area contributed by atoms with Crippen molar-refractivity contribution in [2.45, 2.75) is 51.7 Å². The molecule has 29 heavy (non-hydrogen) atoms. The number of nitrogens with zero attached hydrogens (tertiary/aromatic N) is 2. The van der Waals surface area contributed by atoms with Crippen molar-refractivity contribution in [3.63, 3.8) is 0 Å². The van der Waals surface area contributed by atoms with E-state index < -0.39 is 0 Å². The van der Waals surface area contributed by atoms with Gasteiger partial charge in [0.15, 0.2) is 5.54 Å². The summed E-state index contributed by atoms with van der Waals surface area (Å²) in [6.45, 7) is 9.39. The van der Waals surface area contributed by atoms with Gasteiger partial charge in [-0.25, -0.2) is 4.58 Å². The summed E-state index contributed by atoms with van der Waals surface area (Å²) >= 11 is 1.70. The van der Waals surface area contributed by atoms with E-state index in [1.54, 1.807) is 11.8 Å². The van der Waals surface area contributed by atoms with Crippen molar-refractivity contribution in [1.29, 1.82) is 0 Å². The van der Waals surface area contributed by atoms with Gasteiger partial charge in [-0.15, -0.1) is 0 Å². The Balaban J connectivity index is 1.85. The lowest BCUT2D eigenvalue weighted by Crippen LogP contribution is -2.57. The van der Waals surface area contributed by atoms with Crippen LogP contribution in [-0.4, -0.2) is 39.6 Å². The topological polar surface area (TPSA) is 36.6 Å². The van der Waals surface area contributed by atoms with Crippen LogP contribution >= 0.6 is 11.8 Å². The number of anilines is 1. The highest BCUT2D eigenvalue weighted by Crippen LogP contribution is 2.43. The summed E-state index contributed by atoms with van der Waals surface area (Å²) in [6, 6.07) is 17.0. The van der Waals surface area contributed by atoms with Crippen LogP contribution in [0.15, 0.2) is 53.5 Å². The zero-order valence-corrected chi connectivity index (χ0v) is 18.8. The molecule has 1 spiro atoms. The van der Waals surface area contributed by atoms with Gasteiger partial charge >= 0.3 is 5.17 Å². The van der Waals surface area contributed by atoms with Crippen molar-refractivity contribution in [2.75, 3.05) is 18.2 Å². The summed E-state index contributed by atoms with van der Waals surface area (Å²) in [6.07, 6.45) is 3.87. The van der Waals surface area contributed by atoms with Crippen LogP contribution in [-0.2, 0) is 4.74 Å². The molecule has 1 N–H and O–H groups in total. The van der Waals surface area contributed by atoms with Gasteiger partial charge in [0.25, 0.3) is 5.84 Å². The predicted molar refractivity (Wildman–Crippen MR) is 124 cm³/mol. The van der Waals surface area contributed by atoms with Crippen LogP contribution in [0, 0.1) is 13.8 Å². The summed E-state index contributed by atoms with van der Waals surface area (Å²) < 4.78 is 8.55. The summed E-state index contributed by atoms with van der Waals surface area (Å²) in [4.78, 5) is 5.14. The monoisotopic (exact) mass is 408 g/mol. The number of aryl methyl sites for hydroxylation is 2. The van der Waals surface area contributed by atoms with Gasteiger partial charge in [0.1, 0.15) is 5.69 Å². The fourth-order valence-electron chi connectivity index (χ4n) is 4.62. The molecule has 1 atom stereocenters. The van der Waals surface area contributed by atoms with Gasteiger partial charge in [-0.05, 0) is 74.0 Å². The second-order valence-electron chi connectivity index (χ2n) is 8.58. The minimum Gasteiger partial charge on any atom is -0.375 e. The molecule has 2 aliphatic rings. The predicted octanol–water partition coefficient (Wildman–Crippen LogP) is 5.52. The third-order valence-corrected chi connectivity index (χ3v) is 6.55. The summed E-state index contributed by atoms with van der Waals surface area (Å²) in [5.41, 5.74) is 4.33. The number of hydrogen-bond donors (Lipinski definition) is 1. The Hall–Kier alpha value is -2.11. The molecule has 4 rings (SSSR count). The van der Waals surface area contributed by atoms with Crippen LogP contribution in [0.1, 0.15) is 37.8 Å². The molecule has 5 heteroatoms. The third kappa shape index (κ3) is 3.62. The maximum atomic E-state index is 6.13. The maximum absolute atomic E-state index is 6.13. The quantitative estimate of drug-likeness (QED) is 0.665. The van der Waals surface area contributed by atoms with Crippen LogP contribution in [0.5, 0.6) is 0 Å². The van der Waals surface area contributed by atoms with Gasteiger partial charge < -0.3 is 10.1 Å². The second kappa shape index (κ2) is 7.62.